The second-order valence-corrected chi connectivity index (χ2v) is 5.40. The Kier molecular flexibility index (Phi) is 20.4. The molecule has 0 aliphatic heterocycles. The Labute approximate surface area is 135 Å². The molecule has 0 amide bonds. The third kappa shape index (κ3) is 21.6. The van der Waals surface area contributed by atoms with Gasteiger partial charge < -0.3 is 0 Å². The van der Waals surface area contributed by atoms with E-state index >= 15 is 0 Å². The average molecular weight is 311 g/mol. The second kappa shape index (κ2) is 19.1. The molecular formula is C18H29ClNO. The van der Waals surface area contributed by atoms with E-state index in [2.05, 4.69) is 43.4 Å². The highest BCUT2D eigenvalue weighted by molar-refractivity contribution is 6.63. The van der Waals surface area contributed by atoms with Gasteiger partial charge in [0.15, 0.2) is 0 Å². The molecule has 0 spiro atoms. The minimum Gasteiger partial charge on any atom is -0.281 e. The van der Waals surface area contributed by atoms with Crippen LogP contribution >= 0.6 is 11.6 Å². The molecule has 0 atom stereocenters. The Morgan fingerprint density at radius 2 is 1.29 bits per heavy atom. The molecule has 0 aromatic heterocycles. The van der Waals surface area contributed by atoms with Gasteiger partial charge in [0.25, 0.3) is 0 Å². The smallest absolute Gasteiger partial charge is 0.221 e. The van der Waals surface area contributed by atoms with Crippen LogP contribution in [-0.2, 0) is 4.79 Å². The van der Waals surface area contributed by atoms with Gasteiger partial charge in [0, 0.05) is 12.6 Å². The van der Waals surface area contributed by atoms with Crippen LogP contribution < -0.4 is 6.15 Å². The van der Waals surface area contributed by atoms with Crippen molar-refractivity contribution in [3.05, 3.63) is 36.5 Å². The topological polar surface area (TPSA) is 47.6 Å². The number of nitrogens with zero attached hydrogens (tertiary/aromatic N) is 1. The first kappa shape index (κ1) is 22.4. The monoisotopic (exact) mass is 310 g/mol. The van der Waals surface area contributed by atoms with Crippen molar-refractivity contribution >= 4 is 16.8 Å². The zero-order valence-corrected chi connectivity index (χ0v) is 14.0. The van der Waals surface area contributed by atoms with Crippen molar-refractivity contribution < 1.29 is 4.79 Å². The van der Waals surface area contributed by atoms with Crippen molar-refractivity contribution in [2.45, 2.75) is 71.1 Å². The van der Waals surface area contributed by atoms with E-state index in [1.807, 2.05) is 0 Å². The van der Waals surface area contributed by atoms with Crippen LogP contribution in [0.3, 0.4) is 0 Å². The van der Waals surface area contributed by atoms with E-state index in [0.717, 1.165) is 32.1 Å². The molecule has 0 N–H and O–H groups in total. The van der Waals surface area contributed by atoms with Gasteiger partial charge in [-0.05, 0) is 56.5 Å². The first-order valence-corrected chi connectivity index (χ1v) is 8.28. The van der Waals surface area contributed by atoms with Gasteiger partial charge >= 0.3 is 0 Å². The van der Waals surface area contributed by atoms with Gasteiger partial charge in [-0.2, -0.15) is 0 Å². The second-order valence-electron chi connectivity index (χ2n) is 4.98. The molecule has 0 unspecified atom stereocenters. The quantitative estimate of drug-likeness (QED) is 0.239. The minimum absolute atomic E-state index is 0. The van der Waals surface area contributed by atoms with Crippen LogP contribution in [0.15, 0.2) is 36.5 Å². The fourth-order valence-corrected chi connectivity index (χ4v) is 1.95. The largest absolute Gasteiger partial charge is 0.281 e. The van der Waals surface area contributed by atoms with Crippen molar-refractivity contribution in [1.29, 1.82) is 0 Å². The molecule has 0 fully saturated rings. The summed E-state index contributed by atoms with van der Waals surface area (Å²) in [7, 11) is 0. The summed E-state index contributed by atoms with van der Waals surface area (Å²) in [5.41, 5.74) is 0. The average Bonchev–Trinajstić information content (AvgIpc) is 2.43. The van der Waals surface area contributed by atoms with Crippen molar-refractivity contribution in [1.82, 2.24) is 6.15 Å². The lowest BCUT2D eigenvalue weighted by Crippen LogP contribution is -1.84. The zero-order chi connectivity index (χ0) is 14.9. The summed E-state index contributed by atoms with van der Waals surface area (Å²) in [6.45, 7) is 2.23. The Balaban J connectivity index is 0. The van der Waals surface area contributed by atoms with E-state index in [9.17, 15) is 4.79 Å². The third-order valence-electron chi connectivity index (χ3n) is 3.01. The molecule has 119 valence electrons. The Morgan fingerprint density at radius 1 is 0.810 bits per heavy atom. The van der Waals surface area contributed by atoms with E-state index in [1.165, 1.54) is 25.7 Å². The summed E-state index contributed by atoms with van der Waals surface area (Å²) >= 11 is 5.26. The van der Waals surface area contributed by atoms with Crippen molar-refractivity contribution in [3.63, 3.8) is 0 Å². The Bertz CT molecular complexity index is 308. The summed E-state index contributed by atoms with van der Waals surface area (Å²) in [5, 5.41) is -0.223. The normalized spacial score (nSPS) is 11.5. The first-order valence-electron chi connectivity index (χ1n) is 7.90. The summed E-state index contributed by atoms with van der Waals surface area (Å²) < 4.78 is 0. The maximum atomic E-state index is 10.5. The highest BCUT2D eigenvalue weighted by atomic mass is 35.5. The molecular weight excluding hydrogens is 282 g/mol. The standard InChI is InChI=1S/C18H29ClO.N/c1-2-3-4-5-6-7-8-9-10-11-12-13-14-15-16-17-18(19)20;/h6-7,9-10,12-13H,2-5,8,11,14-17H2,1H3;/b7-6-,10-9-,13-12-;. The van der Waals surface area contributed by atoms with Crippen LogP contribution in [-0.4, -0.2) is 5.24 Å². The molecule has 0 bridgehead atoms. The van der Waals surface area contributed by atoms with Gasteiger partial charge in [-0.1, -0.05) is 56.2 Å². The van der Waals surface area contributed by atoms with Crippen LogP contribution in [0.25, 0.3) is 0 Å². The van der Waals surface area contributed by atoms with Crippen molar-refractivity contribution in [2.24, 2.45) is 0 Å². The Morgan fingerprint density at radius 3 is 1.76 bits per heavy atom. The predicted molar refractivity (Wildman–Crippen MR) is 92.3 cm³/mol. The molecule has 0 aliphatic carbocycles. The fraction of sp³-hybridized carbons (Fsp3) is 0.611. The molecule has 0 aromatic carbocycles. The summed E-state index contributed by atoms with van der Waals surface area (Å²) in [6, 6.07) is 0. The number of halogens is 1. The van der Waals surface area contributed by atoms with Gasteiger partial charge in [-0.25, -0.2) is 0 Å². The van der Waals surface area contributed by atoms with E-state index in [-0.39, 0.29) is 11.4 Å². The number of unbranched alkanes of at least 4 members (excludes halogenated alkanes) is 5. The fourth-order valence-electron chi connectivity index (χ4n) is 1.82. The van der Waals surface area contributed by atoms with E-state index in [1.54, 1.807) is 0 Å². The molecule has 0 aromatic rings. The zero-order valence-electron chi connectivity index (χ0n) is 13.3. The SMILES string of the molecule is CCCCC/C=C\C/C=C\C/C=C\CCCCC(=O)Cl.[N]. The van der Waals surface area contributed by atoms with Crippen molar-refractivity contribution in [3.8, 4) is 0 Å². The Hall–Kier alpha value is -0.860. The number of carbonyl (C=O) groups is 1. The lowest BCUT2D eigenvalue weighted by Gasteiger charge is -1.92. The highest BCUT2D eigenvalue weighted by Gasteiger charge is 1.93. The van der Waals surface area contributed by atoms with Gasteiger partial charge in [0.1, 0.15) is 0 Å². The molecule has 0 saturated heterocycles. The summed E-state index contributed by atoms with van der Waals surface area (Å²) in [4.78, 5) is 10.5. The summed E-state index contributed by atoms with van der Waals surface area (Å²) in [5.74, 6) is 0. The van der Waals surface area contributed by atoms with Crippen LogP contribution in [0.5, 0.6) is 0 Å². The lowest BCUT2D eigenvalue weighted by atomic mass is 10.2. The molecule has 0 heterocycles. The molecule has 2 nitrogen and oxygen atoms in total. The van der Waals surface area contributed by atoms with Gasteiger partial charge in [0.05, 0.1) is 0 Å². The van der Waals surface area contributed by atoms with E-state index < -0.39 is 0 Å². The van der Waals surface area contributed by atoms with E-state index in [4.69, 9.17) is 11.6 Å². The number of rotatable bonds is 13. The molecule has 3 radical (unpaired) electrons. The maximum Gasteiger partial charge on any atom is 0.221 e. The molecule has 3 heteroatoms. The summed E-state index contributed by atoms with van der Waals surface area (Å²) in [6.07, 6.45) is 24.0. The first-order chi connectivity index (χ1) is 9.77. The molecule has 0 rings (SSSR count). The number of hydrogen-bond donors (Lipinski definition) is 0. The number of carbonyl (C=O) groups excluding carboxylic acids is 1. The third-order valence-corrected chi connectivity index (χ3v) is 3.20. The van der Waals surface area contributed by atoms with Crippen LogP contribution in [0.2, 0.25) is 0 Å². The number of hydrogen-bond acceptors (Lipinski definition) is 1. The van der Waals surface area contributed by atoms with Gasteiger partial charge in [-0.15, -0.1) is 0 Å². The van der Waals surface area contributed by atoms with Crippen LogP contribution in [0, 0.1) is 0 Å². The lowest BCUT2D eigenvalue weighted by molar-refractivity contribution is -0.111. The van der Waals surface area contributed by atoms with Crippen LogP contribution in [0.4, 0.5) is 0 Å². The van der Waals surface area contributed by atoms with Gasteiger partial charge in [-0.3, -0.25) is 4.79 Å². The van der Waals surface area contributed by atoms with Crippen molar-refractivity contribution in [2.75, 3.05) is 0 Å². The minimum atomic E-state index is -0.223. The molecule has 0 saturated carbocycles. The maximum absolute atomic E-state index is 10.5. The van der Waals surface area contributed by atoms with E-state index in [0.29, 0.717) is 6.42 Å². The highest BCUT2D eigenvalue weighted by Crippen LogP contribution is 2.04. The molecule has 0 aliphatic rings. The number of allylic oxidation sites excluding steroid dienone is 6. The van der Waals surface area contributed by atoms with Crippen LogP contribution in [0.1, 0.15) is 71.1 Å². The predicted octanol–water partition coefficient (Wildman–Crippen LogP) is 5.86. The van der Waals surface area contributed by atoms with Gasteiger partial charge in [0.2, 0.25) is 5.24 Å². The molecule has 21 heavy (non-hydrogen) atoms.